The second-order valence-corrected chi connectivity index (χ2v) is 6.08. The largest absolute Gasteiger partial charge is 0.493 e. The lowest BCUT2D eigenvalue weighted by atomic mass is 10.1. The van der Waals surface area contributed by atoms with Crippen LogP contribution in [-0.2, 0) is 16.1 Å². The van der Waals surface area contributed by atoms with E-state index in [0.29, 0.717) is 34.3 Å². The molecule has 6 heteroatoms. The predicted octanol–water partition coefficient (Wildman–Crippen LogP) is 4.37. The first kappa shape index (κ1) is 19.8. The quantitative estimate of drug-likeness (QED) is 0.505. The number of rotatable bonds is 8. The summed E-state index contributed by atoms with van der Waals surface area (Å²) in [5.74, 6) is 0.535. The number of Topliss-reactive ketones (excluding diaryl/α,β-unsaturated/α-hetero) is 1. The van der Waals surface area contributed by atoms with E-state index in [1.807, 2.05) is 13.8 Å². The number of hydrogen-bond acceptors (Lipinski definition) is 5. The first-order valence-electron chi connectivity index (χ1n) is 8.22. The molecule has 0 unspecified atom stereocenters. The SMILES string of the molecule is CCOc1ccc(C(C)=O)cc1COC(=O)COc1ccc(Cl)c(C)c1. The van der Waals surface area contributed by atoms with E-state index in [2.05, 4.69) is 0 Å². The van der Waals surface area contributed by atoms with E-state index in [1.165, 1.54) is 6.92 Å². The van der Waals surface area contributed by atoms with E-state index < -0.39 is 5.97 Å². The average molecular weight is 377 g/mol. The van der Waals surface area contributed by atoms with Crippen LogP contribution in [0.1, 0.15) is 35.3 Å². The summed E-state index contributed by atoms with van der Waals surface area (Å²) in [6.07, 6.45) is 0. The number of carbonyl (C=O) groups is 2. The molecule has 138 valence electrons. The van der Waals surface area contributed by atoms with Crippen LogP contribution < -0.4 is 9.47 Å². The summed E-state index contributed by atoms with van der Waals surface area (Å²) in [6.45, 7) is 5.43. The molecule has 26 heavy (non-hydrogen) atoms. The number of benzene rings is 2. The van der Waals surface area contributed by atoms with Crippen molar-refractivity contribution in [1.29, 1.82) is 0 Å². The fourth-order valence-corrected chi connectivity index (χ4v) is 2.37. The number of aryl methyl sites for hydroxylation is 1. The molecule has 2 aromatic rings. The van der Waals surface area contributed by atoms with E-state index in [0.717, 1.165) is 5.56 Å². The number of esters is 1. The molecule has 0 aliphatic rings. The van der Waals surface area contributed by atoms with Gasteiger partial charge in [-0.15, -0.1) is 0 Å². The highest BCUT2D eigenvalue weighted by Gasteiger charge is 2.11. The lowest BCUT2D eigenvalue weighted by Gasteiger charge is -2.12. The molecular weight excluding hydrogens is 356 g/mol. The maximum absolute atomic E-state index is 11.9. The van der Waals surface area contributed by atoms with Crippen LogP contribution in [0.3, 0.4) is 0 Å². The zero-order valence-electron chi connectivity index (χ0n) is 15.0. The molecule has 0 aliphatic carbocycles. The van der Waals surface area contributed by atoms with Crippen molar-refractivity contribution < 1.29 is 23.8 Å². The second-order valence-electron chi connectivity index (χ2n) is 5.67. The van der Waals surface area contributed by atoms with Gasteiger partial charge in [-0.1, -0.05) is 11.6 Å². The Morgan fingerprint density at radius 1 is 1.08 bits per heavy atom. The van der Waals surface area contributed by atoms with Gasteiger partial charge >= 0.3 is 5.97 Å². The molecule has 0 saturated heterocycles. The molecule has 0 bridgehead atoms. The highest BCUT2D eigenvalue weighted by atomic mass is 35.5. The Hall–Kier alpha value is -2.53. The van der Waals surface area contributed by atoms with Gasteiger partial charge in [0, 0.05) is 16.1 Å². The molecule has 0 fully saturated rings. The molecular formula is C20H21ClO5. The third kappa shape index (κ3) is 5.49. The van der Waals surface area contributed by atoms with Crippen molar-refractivity contribution in [3.05, 3.63) is 58.1 Å². The van der Waals surface area contributed by atoms with Crippen molar-refractivity contribution in [2.45, 2.75) is 27.4 Å². The van der Waals surface area contributed by atoms with Crippen LogP contribution in [0.25, 0.3) is 0 Å². The van der Waals surface area contributed by atoms with E-state index in [9.17, 15) is 9.59 Å². The monoisotopic (exact) mass is 376 g/mol. The molecule has 0 saturated carbocycles. The molecule has 5 nitrogen and oxygen atoms in total. The van der Waals surface area contributed by atoms with Crippen LogP contribution in [-0.4, -0.2) is 25.0 Å². The highest BCUT2D eigenvalue weighted by Crippen LogP contribution is 2.23. The zero-order valence-corrected chi connectivity index (χ0v) is 15.8. The first-order valence-corrected chi connectivity index (χ1v) is 8.59. The molecule has 0 radical (unpaired) electrons. The summed E-state index contributed by atoms with van der Waals surface area (Å²) in [5.41, 5.74) is 2.03. The topological polar surface area (TPSA) is 61.8 Å². The fraction of sp³-hybridized carbons (Fsp3) is 0.300. The minimum Gasteiger partial charge on any atom is -0.493 e. The Morgan fingerprint density at radius 2 is 1.85 bits per heavy atom. The summed E-state index contributed by atoms with van der Waals surface area (Å²) >= 11 is 5.95. The normalized spacial score (nSPS) is 10.3. The summed E-state index contributed by atoms with van der Waals surface area (Å²) in [4.78, 5) is 23.5. The lowest BCUT2D eigenvalue weighted by molar-refractivity contribution is -0.147. The van der Waals surface area contributed by atoms with E-state index in [1.54, 1.807) is 36.4 Å². The number of hydrogen-bond donors (Lipinski definition) is 0. The minimum atomic E-state index is -0.520. The molecule has 0 atom stereocenters. The summed E-state index contributed by atoms with van der Waals surface area (Å²) in [5, 5.41) is 0.633. The number of ether oxygens (including phenoxy) is 3. The Bertz CT molecular complexity index is 801. The first-order chi connectivity index (χ1) is 12.4. The van der Waals surface area contributed by atoms with Crippen LogP contribution in [0, 0.1) is 6.92 Å². The van der Waals surface area contributed by atoms with Gasteiger partial charge in [0.1, 0.15) is 18.1 Å². The van der Waals surface area contributed by atoms with E-state index in [-0.39, 0.29) is 19.0 Å². The number of halogens is 1. The Kier molecular flexibility index (Phi) is 7.04. The van der Waals surface area contributed by atoms with Gasteiger partial charge in [-0.2, -0.15) is 0 Å². The highest BCUT2D eigenvalue weighted by molar-refractivity contribution is 6.31. The molecule has 2 aromatic carbocycles. The molecule has 0 spiro atoms. The molecule has 0 aliphatic heterocycles. The summed E-state index contributed by atoms with van der Waals surface area (Å²) < 4.78 is 16.2. The molecule has 0 amide bonds. The Balaban J connectivity index is 1.96. The van der Waals surface area contributed by atoms with Crippen molar-refractivity contribution in [2.24, 2.45) is 0 Å². The smallest absolute Gasteiger partial charge is 0.344 e. The summed E-state index contributed by atoms with van der Waals surface area (Å²) in [6, 6.07) is 10.2. The predicted molar refractivity (Wildman–Crippen MR) is 99.1 cm³/mol. The van der Waals surface area contributed by atoms with Crippen molar-refractivity contribution in [2.75, 3.05) is 13.2 Å². The van der Waals surface area contributed by atoms with Gasteiger partial charge in [0.2, 0.25) is 0 Å². The molecule has 0 N–H and O–H groups in total. The van der Waals surface area contributed by atoms with Crippen molar-refractivity contribution in [3.63, 3.8) is 0 Å². The van der Waals surface area contributed by atoms with Gasteiger partial charge in [0.25, 0.3) is 0 Å². The van der Waals surface area contributed by atoms with Gasteiger partial charge in [-0.25, -0.2) is 4.79 Å². The van der Waals surface area contributed by atoms with Crippen LogP contribution in [0.2, 0.25) is 5.02 Å². The second kappa shape index (κ2) is 9.25. The fourth-order valence-electron chi connectivity index (χ4n) is 2.26. The van der Waals surface area contributed by atoms with Crippen LogP contribution >= 0.6 is 11.6 Å². The third-order valence-electron chi connectivity index (χ3n) is 3.64. The van der Waals surface area contributed by atoms with Gasteiger partial charge in [0.05, 0.1) is 6.61 Å². The van der Waals surface area contributed by atoms with Gasteiger partial charge < -0.3 is 14.2 Å². The average Bonchev–Trinajstić information content (AvgIpc) is 2.61. The van der Waals surface area contributed by atoms with Crippen LogP contribution in [0.4, 0.5) is 0 Å². The van der Waals surface area contributed by atoms with Crippen molar-refractivity contribution in [1.82, 2.24) is 0 Å². The van der Waals surface area contributed by atoms with Crippen molar-refractivity contribution in [3.8, 4) is 11.5 Å². The van der Waals surface area contributed by atoms with Crippen LogP contribution in [0.15, 0.2) is 36.4 Å². The Morgan fingerprint density at radius 3 is 2.50 bits per heavy atom. The molecule has 2 rings (SSSR count). The van der Waals surface area contributed by atoms with Gasteiger partial charge in [-0.05, 0) is 62.7 Å². The van der Waals surface area contributed by atoms with E-state index >= 15 is 0 Å². The summed E-state index contributed by atoms with van der Waals surface area (Å²) in [7, 11) is 0. The van der Waals surface area contributed by atoms with E-state index in [4.69, 9.17) is 25.8 Å². The third-order valence-corrected chi connectivity index (χ3v) is 4.07. The molecule has 0 heterocycles. The maximum atomic E-state index is 11.9. The molecule has 0 aromatic heterocycles. The van der Waals surface area contributed by atoms with Crippen LogP contribution in [0.5, 0.6) is 11.5 Å². The lowest BCUT2D eigenvalue weighted by Crippen LogP contribution is -2.15. The minimum absolute atomic E-state index is 0.00169. The van der Waals surface area contributed by atoms with Gasteiger partial charge in [0.15, 0.2) is 12.4 Å². The number of ketones is 1. The Labute approximate surface area is 157 Å². The van der Waals surface area contributed by atoms with Crippen molar-refractivity contribution >= 4 is 23.4 Å². The standard InChI is InChI=1S/C20H21ClO5/c1-4-24-19-8-5-15(14(3)22)10-16(19)11-26-20(23)12-25-17-6-7-18(21)13(2)9-17/h5-10H,4,11-12H2,1-3H3. The zero-order chi connectivity index (χ0) is 19.1. The maximum Gasteiger partial charge on any atom is 0.344 e. The number of carbonyl (C=O) groups excluding carboxylic acids is 2. The van der Waals surface area contributed by atoms with Gasteiger partial charge in [-0.3, -0.25) is 4.79 Å².